The molecule has 1 amide bonds. The number of nitrogens with two attached hydrogens (primary N) is 1. The van der Waals surface area contributed by atoms with Crippen molar-refractivity contribution in [2.24, 2.45) is 0 Å². The average Bonchev–Trinajstić information content (AvgIpc) is 2.67. The molecule has 1 aromatic carbocycles. The van der Waals surface area contributed by atoms with Gasteiger partial charge in [-0.25, -0.2) is 4.98 Å². The van der Waals surface area contributed by atoms with E-state index in [-0.39, 0.29) is 5.91 Å². The second-order valence-corrected chi connectivity index (χ2v) is 4.73. The van der Waals surface area contributed by atoms with Gasteiger partial charge < -0.3 is 5.73 Å². The van der Waals surface area contributed by atoms with Crippen LogP contribution in [0.4, 0.5) is 10.1 Å². The van der Waals surface area contributed by atoms with E-state index in [4.69, 9.17) is 5.73 Å². The van der Waals surface area contributed by atoms with E-state index in [9.17, 15) is 4.79 Å². The van der Waals surface area contributed by atoms with Crippen molar-refractivity contribution < 1.29 is 4.79 Å². The summed E-state index contributed by atoms with van der Waals surface area (Å²) in [5.74, 6) is -0.215. The van der Waals surface area contributed by atoms with Gasteiger partial charge in [-0.15, -0.1) is 0 Å². The van der Waals surface area contributed by atoms with Crippen LogP contribution < -0.4 is 11.1 Å². The highest BCUT2D eigenvalue weighted by atomic mass is 32.1. The molecule has 3 N–H and O–H groups in total. The van der Waals surface area contributed by atoms with Crippen LogP contribution in [0.15, 0.2) is 36.4 Å². The second-order valence-electron chi connectivity index (χ2n) is 3.70. The Morgan fingerprint density at radius 2 is 2.11 bits per heavy atom. The number of carbonyl (C=O) groups is 1. The Morgan fingerprint density at radius 3 is 2.72 bits per heavy atom. The first kappa shape index (κ1) is 12.3. The van der Waals surface area contributed by atoms with Crippen LogP contribution >= 0.6 is 11.3 Å². The van der Waals surface area contributed by atoms with Crippen molar-refractivity contribution in [1.82, 2.24) is 4.98 Å². The molecular formula is C13H13N3OS. The number of nitrogens with zero attached hydrogens (tertiary/aromatic N) is 1. The summed E-state index contributed by atoms with van der Waals surface area (Å²) in [5, 5.41) is 3.82. The Hall–Kier alpha value is -2.14. The fourth-order valence-electron chi connectivity index (χ4n) is 1.34. The molecule has 0 fully saturated rings. The SMILES string of the molecule is Cc1nc(NC(=O)/C=C/c2ccccc2)sc1N. The molecule has 0 unspecified atom stereocenters. The molecule has 0 saturated heterocycles. The molecule has 2 rings (SSSR count). The maximum atomic E-state index is 11.6. The molecule has 0 bridgehead atoms. The van der Waals surface area contributed by atoms with Crippen LogP contribution in [-0.2, 0) is 4.79 Å². The molecule has 0 aliphatic carbocycles. The minimum absolute atomic E-state index is 0.215. The van der Waals surface area contributed by atoms with Crippen LogP contribution in [0, 0.1) is 6.92 Å². The Morgan fingerprint density at radius 1 is 1.39 bits per heavy atom. The van der Waals surface area contributed by atoms with E-state index in [2.05, 4.69) is 10.3 Å². The van der Waals surface area contributed by atoms with Crippen molar-refractivity contribution in [1.29, 1.82) is 0 Å². The van der Waals surface area contributed by atoms with Gasteiger partial charge in [-0.2, -0.15) is 0 Å². The topological polar surface area (TPSA) is 68.0 Å². The maximum Gasteiger partial charge on any atom is 0.250 e. The predicted octanol–water partition coefficient (Wildman–Crippen LogP) is 2.69. The number of nitrogen functional groups attached to an aromatic ring is 1. The Balaban J connectivity index is 1.99. The van der Waals surface area contributed by atoms with E-state index in [0.29, 0.717) is 10.1 Å². The molecule has 92 valence electrons. The number of amides is 1. The van der Waals surface area contributed by atoms with Gasteiger partial charge >= 0.3 is 0 Å². The largest absolute Gasteiger partial charge is 0.389 e. The van der Waals surface area contributed by atoms with Gasteiger partial charge in [0.2, 0.25) is 5.91 Å². The van der Waals surface area contributed by atoms with E-state index in [0.717, 1.165) is 11.3 Å². The number of carbonyl (C=O) groups excluding carboxylic acids is 1. The number of nitrogens with one attached hydrogen (secondary N) is 1. The molecule has 0 aliphatic rings. The monoisotopic (exact) mass is 259 g/mol. The van der Waals surface area contributed by atoms with Crippen LogP contribution in [0.5, 0.6) is 0 Å². The van der Waals surface area contributed by atoms with E-state index in [1.807, 2.05) is 30.3 Å². The molecule has 18 heavy (non-hydrogen) atoms. The molecular weight excluding hydrogens is 246 g/mol. The lowest BCUT2D eigenvalue weighted by Gasteiger charge is -1.95. The van der Waals surface area contributed by atoms with Gasteiger partial charge in [0.05, 0.1) is 5.69 Å². The zero-order valence-electron chi connectivity index (χ0n) is 9.88. The number of aromatic nitrogens is 1. The molecule has 0 radical (unpaired) electrons. The Kier molecular flexibility index (Phi) is 3.74. The lowest BCUT2D eigenvalue weighted by Crippen LogP contribution is -2.07. The van der Waals surface area contributed by atoms with Gasteiger partial charge in [0.15, 0.2) is 5.13 Å². The molecule has 4 nitrogen and oxygen atoms in total. The Bertz CT molecular complexity index is 556. The first-order valence-electron chi connectivity index (χ1n) is 5.42. The lowest BCUT2D eigenvalue weighted by molar-refractivity contribution is -0.111. The van der Waals surface area contributed by atoms with Crippen molar-refractivity contribution in [3.05, 3.63) is 47.7 Å². The van der Waals surface area contributed by atoms with Crippen molar-refractivity contribution >= 4 is 33.5 Å². The van der Waals surface area contributed by atoms with Crippen LogP contribution in [0.2, 0.25) is 0 Å². The van der Waals surface area contributed by atoms with E-state index < -0.39 is 0 Å². The van der Waals surface area contributed by atoms with Gasteiger partial charge in [0, 0.05) is 6.08 Å². The summed E-state index contributed by atoms with van der Waals surface area (Å²) in [4.78, 5) is 15.8. The lowest BCUT2D eigenvalue weighted by atomic mass is 10.2. The van der Waals surface area contributed by atoms with Gasteiger partial charge in [0.1, 0.15) is 5.00 Å². The van der Waals surface area contributed by atoms with Crippen LogP contribution in [0.25, 0.3) is 6.08 Å². The molecule has 0 atom stereocenters. The van der Waals surface area contributed by atoms with E-state index in [1.165, 1.54) is 17.4 Å². The summed E-state index contributed by atoms with van der Waals surface area (Å²) in [7, 11) is 0. The van der Waals surface area contributed by atoms with Gasteiger partial charge in [0.25, 0.3) is 0 Å². The van der Waals surface area contributed by atoms with Crippen molar-refractivity contribution in [3.8, 4) is 0 Å². The smallest absolute Gasteiger partial charge is 0.250 e. The molecule has 2 aromatic rings. The number of hydrogen-bond acceptors (Lipinski definition) is 4. The number of thiazole rings is 1. The fourth-order valence-corrected chi connectivity index (χ4v) is 2.08. The van der Waals surface area contributed by atoms with Crippen molar-refractivity contribution in [3.63, 3.8) is 0 Å². The number of aryl methyl sites for hydroxylation is 1. The van der Waals surface area contributed by atoms with Gasteiger partial charge in [-0.1, -0.05) is 41.7 Å². The zero-order chi connectivity index (χ0) is 13.0. The molecule has 1 aromatic heterocycles. The predicted molar refractivity (Wildman–Crippen MR) is 75.4 cm³/mol. The molecule has 5 heteroatoms. The number of benzene rings is 1. The highest BCUT2D eigenvalue weighted by Gasteiger charge is 2.05. The molecule has 0 spiro atoms. The summed E-state index contributed by atoms with van der Waals surface area (Å²) in [5.41, 5.74) is 7.38. The molecule has 0 saturated carbocycles. The van der Waals surface area contributed by atoms with Crippen LogP contribution in [-0.4, -0.2) is 10.9 Å². The van der Waals surface area contributed by atoms with Crippen LogP contribution in [0.1, 0.15) is 11.3 Å². The van der Waals surface area contributed by atoms with Crippen molar-refractivity contribution in [2.75, 3.05) is 11.1 Å². The second kappa shape index (κ2) is 5.46. The van der Waals surface area contributed by atoms with Gasteiger partial charge in [-0.3, -0.25) is 10.1 Å². The van der Waals surface area contributed by atoms with E-state index >= 15 is 0 Å². The minimum atomic E-state index is -0.215. The third-order valence-electron chi connectivity index (χ3n) is 2.29. The van der Waals surface area contributed by atoms with Crippen LogP contribution in [0.3, 0.4) is 0 Å². The number of rotatable bonds is 3. The molecule has 0 aliphatic heterocycles. The summed E-state index contributed by atoms with van der Waals surface area (Å²) in [6, 6.07) is 9.62. The summed E-state index contributed by atoms with van der Waals surface area (Å²) in [6.45, 7) is 1.81. The highest BCUT2D eigenvalue weighted by molar-refractivity contribution is 7.19. The summed E-state index contributed by atoms with van der Waals surface area (Å²) < 4.78 is 0. The third-order valence-corrected chi connectivity index (χ3v) is 3.19. The molecule has 1 heterocycles. The summed E-state index contributed by atoms with van der Waals surface area (Å²) in [6.07, 6.45) is 3.22. The summed E-state index contributed by atoms with van der Waals surface area (Å²) >= 11 is 1.27. The van der Waals surface area contributed by atoms with Gasteiger partial charge in [-0.05, 0) is 18.6 Å². The first-order chi connectivity index (χ1) is 8.65. The highest BCUT2D eigenvalue weighted by Crippen LogP contribution is 2.24. The standard InChI is InChI=1S/C13H13N3OS/c1-9-12(14)18-13(15-9)16-11(17)8-7-10-5-3-2-4-6-10/h2-8H,14H2,1H3,(H,15,16,17)/b8-7+. The maximum absolute atomic E-state index is 11.6. The fraction of sp³-hybridized carbons (Fsp3) is 0.0769. The normalized spacial score (nSPS) is 10.7. The Labute approximate surface area is 109 Å². The quantitative estimate of drug-likeness (QED) is 0.833. The number of anilines is 2. The first-order valence-corrected chi connectivity index (χ1v) is 6.24. The third kappa shape index (κ3) is 3.18. The zero-order valence-corrected chi connectivity index (χ0v) is 10.7. The number of hydrogen-bond donors (Lipinski definition) is 2. The van der Waals surface area contributed by atoms with Crippen molar-refractivity contribution in [2.45, 2.75) is 6.92 Å². The average molecular weight is 259 g/mol. The van der Waals surface area contributed by atoms with E-state index in [1.54, 1.807) is 13.0 Å². The minimum Gasteiger partial charge on any atom is -0.389 e.